The highest BCUT2D eigenvalue weighted by atomic mass is 32.3. The van der Waals surface area contributed by atoms with Gasteiger partial charge in [-0.05, 0) is 47.2 Å². The summed E-state index contributed by atoms with van der Waals surface area (Å²) in [5, 5.41) is 1.73. The lowest BCUT2D eigenvalue weighted by Crippen LogP contribution is -2.46. The van der Waals surface area contributed by atoms with Crippen LogP contribution >= 0.6 is 22.7 Å². The van der Waals surface area contributed by atoms with Crippen molar-refractivity contribution in [3.05, 3.63) is 84.9 Å². The van der Waals surface area contributed by atoms with Crippen LogP contribution in [0.2, 0.25) is 0 Å². The van der Waals surface area contributed by atoms with Gasteiger partial charge in [0.15, 0.2) is 0 Å². The molecule has 0 saturated heterocycles. The highest BCUT2D eigenvalue weighted by Gasteiger charge is 2.38. The summed E-state index contributed by atoms with van der Waals surface area (Å²) < 4.78 is 59.4. The smallest absolute Gasteiger partial charge is 0.262 e. The Morgan fingerprint density at radius 1 is 0.559 bits per heavy atom. The minimum atomic E-state index is -3.86. The number of sulfonamides is 2. The van der Waals surface area contributed by atoms with Gasteiger partial charge in [0.1, 0.15) is 8.42 Å². The van der Waals surface area contributed by atoms with Crippen molar-refractivity contribution < 1.29 is 16.8 Å². The van der Waals surface area contributed by atoms with E-state index >= 15 is 0 Å². The summed E-state index contributed by atoms with van der Waals surface area (Å²) in [6.45, 7) is 0.0510. The monoisotopic (exact) mass is 526 g/mol. The van der Waals surface area contributed by atoms with Gasteiger partial charge in [-0.25, -0.2) is 16.8 Å². The lowest BCUT2D eigenvalue weighted by Gasteiger charge is -2.36. The maximum Gasteiger partial charge on any atom is 0.273 e. The van der Waals surface area contributed by atoms with E-state index in [9.17, 15) is 16.8 Å². The molecule has 1 aliphatic rings. The van der Waals surface area contributed by atoms with E-state index < -0.39 is 20.0 Å². The van der Waals surface area contributed by atoms with Gasteiger partial charge in [0.05, 0.1) is 24.5 Å². The van der Waals surface area contributed by atoms with E-state index in [1.807, 2.05) is 48.5 Å². The Hall–Kier alpha value is -2.92. The summed E-state index contributed by atoms with van der Waals surface area (Å²) in [5.74, 6) is 0. The fourth-order valence-electron chi connectivity index (χ4n) is 4.19. The maximum absolute atomic E-state index is 13.6. The number of nitrogens with zero attached hydrogens (tertiary/aromatic N) is 2. The third-order valence-corrected chi connectivity index (χ3v) is 12.6. The lowest BCUT2D eigenvalue weighted by molar-refractivity contribution is 0.583. The molecule has 0 amide bonds. The maximum atomic E-state index is 13.6. The van der Waals surface area contributed by atoms with Crippen molar-refractivity contribution >= 4 is 74.3 Å². The highest BCUT2D eigenvalue weighted by molar-refractivity contribution is 7.95. The number of fused-ring (bicyclic) bond motifs is 3. The summed E-state index contributed by atoms with van der Waals surface area (Å²) in [6.07, 6.45) is 0. The second-order valence-electron chi connectivity index (χ2n) is 7.85. The summed E-state index contributed by atoms with van der Waals surface area (Å²) in [7, 11) is -7.72. The molecule has 0 bridgehead atoms. The summed E-state index contributed by atoms with van der Waals surface area (Å²) >= 11 is 2.44. The molecule has 0 fully saturated rings. The Morgan fingerprint density at radius 2 is 0.941 bits per heavy atom. The van der Waals surface area contributed by atoms with Gasteiger partial charge in [0.25, 0.3) is 20.0 Å². The van der Waals surface area contributed by atoms with Crippen molar-refractivity contribution in [1.29, 1.82) is 0 Å². The molecule has 3 heterocycles. The predicted octanol–water partition coefficient (Wildman–Crippen LogP) is 5.52. The predicted molar refractivity (Wildman–Crippen MR) is 139 cm³/mol. The van der Waals surface area contributed by atoms with E-state index in [1.165, 1.54) is 31.3 Å². The molecule has 2 aromatic heterocycles. The van der Waals surface area contributed by atoms with E-state index in [1.54, 1.807) is 36.4 Å². The van der Waals surface area contributed by atoms with Crippen molar-refractivity contribution in [2.75, 3.05) is 21.7 Å². The minimum absolute atomic E-state index is 0.0255. The number of benzene rings is 3. The zero-order chi connectivity index (χ0) is 23.5. The minimum Gasteiger partial charge on any atom is -0.262 e. The molecular weight excluding hydrogens is 509 g/mol. The molecule has 10 heteroatoms. The van der Waals surface area contributed by atoms with Gasteiger partial charge in [-0.3, -0.25) is 8.61 Å². The molecule has 6 nitrogen and oxygen atoms in total. The Morgan fingerprint density at radius 3 is 1.35 bits per heavy atom. The molecule has 0 unspecified atom stereocenters. The number of hydrogen-bond acceptors (Lipinski definition) is 6. The SMILES string of the molecule is O=S(=O)(c1cc2ccccc2s1)N1CCN(S(=O)(=O)c2cc3ccccc3s2)c2ccccc21. The molecule has 0 atom stereocenters. The number of anilines is 2. The number of para-hydroxylation sites is 2. The van der Waals surface area contributed by atoms with Crippen LogP contribution in [-0.4, -0.2) is 29.9 Å². The van der Waals surface area contributed by atoms with E-state index in [0.29, 0.717) is 11.4 Å². The van der Waals surface area contributed by atoms with Gasteiger partial charge in [-0.2, -0.15) is 0 Å². The molecule has 3 aromatic carbocycles. The Kier molecular flexibility index (Phi) is 4.96. The van der Waals surface area contributed by atoms with Crippen LogP contribution in [0.5, 0.6) is 0 Å². The van der Waals surface area contributed by atoms with Crippen LogP contribution in [0.4, 0.5) is 11.4 Å². The number of rotatable bonds is 4. The van der Waals surface area contributed by atoms with Crippen LogP contribution < -0.4 is 8.61 Å². The average molecular weight is 527 g/mol. The quantitative estimate of drug-likeness (QED) is 0.309. The Labute approximate surface area is 205 Å². The fourth-order valence-corrected chi connectivity index (χ4v) is 10.2. The second kappa shape index (κ2) is 7.81. The normalized spacial score (nSPS) is 14.6. The van der Waals surface area contributed by atoms with Gasteiger partial charge in [0.2, 0.25) is 0 Å². The van der Waals surface area contributed by atoms with Crippen LogP contribution in [-0.2, 0) is 20.0 Å². The zero-order valence-corrected chi connectivity index (χ0v) is 20.9. The summed E-state index contributed by atoms with van der Waals surface area (Å²) in [5.41, 5.74) is 0.715. The van der Waals surface area contributed by atoms with Gasteiger partial charge in [-0.1, -0.05) is 48.5 Å². The van der Waals surface area contributed by atoms with Crippen LogP contribution in [0.15, 0.2) is 93.3 Å². The number of hydrogen-bond donors (Lipinski definition) is 0. The number of thiophene rings is 2. The zero-order valence-electron chi connectivity index (χ0n) is 17.7. The molecule has 0 saturated carbocycles. The van der Waals surface area contributed by atoms with Crippen LogP contribution in [0, 0.1) is 0 Å². The third kappa shape index (κ3) is 3.32. The summed E-state index contributed by atoms with van der Waals surface area (Å²) in [6, 6.07) is 25.2. The third-order valence-electron chi connectivity index (χ3n) is 5.82. The van der Waals surface area contributed by atoms with Gasteiger partial charge in [0, 0.05) is 9.40 Å². The first kappa shape index (κ1) is 21.6. The van der Waals surface area contributed by atoms with Crippen molar-refractivity contribution in [3.63, 3.8) is 0 Å². The van der Waals surface area contributed by atoms with Crippen molar-refractivity contribution in [3.8, 4) is 0 Å². The molecule has 0 radical (unpaired) electrons. The summed E-state index contributed by atoms with van der Waals surface area (Å²) in [4.78, 5) is 0. The molecule has 172 valence electrons. The van der Waals surface area contributed by atoms with Crippen molar-refractivity contribution in [2.45, 2.75) is 8.42 Å². The second-order valence-corrected chi connectivity index (χ2v) is 14.2. The van der Waals surface area contributed by atoms with Crippen molar-refractivity contribution in [2.24, 2.45) is 0 Å². The first-order valence-corrected chi connectivity index (χ1v) is 15.0. The molecule has 0 spiro atoms. The first-order chi connectivity index (χ1) is 16.4. The van der Waals surface area contributed by atoms with Crippen molar-refractivity contribution in [1.82, 2.24) is 0 Å². The largest absolute Gasteiger partial charge is 0.273 e. The Balaban J connectivity index is 1.43. The Bertz CT molecular complexity index is 1570. The molecular formula is C24H18N2O4S4. The molecule has 34 heavy (non-hydrogen) atoms. The van der Waals surface area contributed by atoms with Gasteiger partial charge < -0.3 is 0 Å². The molecule has 6 rings (SSSR count). The average Bonchev–Trinajstić information content (AvgIpc) is 3.48. The fraction of sp³-hybridized carbons (Fsp3) is 0.0833. The highest BCUT2D eigenvalue weighted by Crippen LogP contribution is 2.42. The standard InChI is InChI=1S/C24H18N2O4S4/c27-33(28,23-15-17-7-1-5-11-21(17)31-23)25-13-14-26(20-10-4-3-9-19(20)25)34(29,30)24-16-18-8-2-6-12-22(18)32-24/h1-12,15-16H,13-14H2. The van der Waals surface area contributed by atoms with E-state index in [-0.39, 0.29) is 21.5 Å². The molecule has 1 aliphatic heterocycles. The van der Waals surface area contributed by atoms with E-state index in [0.717, 1.165) is 20.2 Å². The van der Waals surface area contributed by atoms with Crippen LogP contribution in [0.25, 0.3) is 20.2 Å². The molecule has 5 aromatic rings. The van der Waals surface area contributed by atoms with E-state index in [2.05, 4.69) is 0 Å². The van der Waals surface area contributed by atoms with Crippen LogP contribution in [0.1, 0.15) is 0 Å². The molecule has 0 N–H and O–H groups in total. The first-order valence-electron chi connectivity index (χ1n) is 10.5. The molecule has 0 aliphatic carbocycles. The van der Waals surface area contributed by atoms with Gasteiger partial charge >= 0.3 is 0 Å². The lowest BCUT2D eigenvalue weighted by atomic mass is 10.2. The van der Waals surface area contributed by atoms with Gasteiger partial charge in [-0.15, -0.1) is 22.7 Å². The van der Waals surface area contributed by atoms with Crippen LogP contribution in [0.3, 0.4) is 0 Å². The van der Waals surface area contributed by atoms with E-state index in [4.69, 9.17) is 0 Å². The topological polar surface area (TPSA) is 74.8 Å².